The van der Waals surface area contributed by atoms with Crippen LogP contribution in [0.25, 0.3) is 16.7 Å². The van der Waals surface area contributed by atoms with Crippen molar-refractivity contribution in [1.29, 1.82) is 10.7 Å². The summed E-state index contributed by atoms with van der Waals surface area (Å²) in [5.41, 5.74) is 2.76. The Morgan fingerprint density at radius 2 is 2.21 bits per heavy atom. The van der Waals surface area contributed by atoms with Gasteiger partial charge in [-0.05, 0) is 24.6 Å². The van der Waals surface area contributed by atoms with Gasteiger partial charge in [0.15, 0.2) is 5.76 Å². The third-order valence-corrected chi connectivity index (χ3v) is 5.00. The third kappa shape index (κ3) is 3.48. The molecule has 2 aromatic heterocycles. The van der Waals surface area contributed by atoms with Gasteiger partial charge in [0.05, 0.1) is 35.0 Å². The normalized spacial score (nSPS) is 14.3. The van der Waals surface area contributed by atoms with Crippen LogP contribution in [0.2, 0.25) is 0 Å². The molecule has 0 unspecified atom stereocenters. The summed E-state index contributed by atoms with van der Waals surface area (Å²) < 4.78 is 6.01. The van der Waals surface area contributed by atoms with Crippen LogP contribution in [-0.2, 0) is 0 Å². The largest absolute Gasteiger partial charge is 0.453 e. The van der Waals surface area contributed by atoms with Crippen molar-refractivity contribution in [2.45, 2.75) is 6.92 Å². The van der Waals surface area contributed by atoms with Crippen LogP contribution in [0, 0.1) is 29.6 Å². The van der Waals surface area contributed by atoms with E-state index in [0.29, 0.717) is 35.9 Å². The number of carbonyl (C=O) groups is 1. The van der Waals surface area contributed by atoms with Crippen LogP contribution in [0.1, 0.15) is 21.6 Å². The number of pyridine rings is 1. The van der Waals surface area contributed by atoms with E-state index in [1.807, 2.05) is 37.3 Å². The lowest BCUT2D eigenvalue weighted by molar-refractivity contribution is 0.0577. The zero-order valence-corrected chi connectivity index (χ0v) is 15.8. The Morgan fingerprint density at radius 3 is 2.97 bits per heavy atom. The molecule has 1 aromatic carbocycles. The second-order valence-corrected chi connectivity index (χ2v) is 6.90. The highest BCUT2D eigenvalue weighted by Crippen LogP contribution is 2.28. The summed E-state index contributed by atoms with van der Waals surface area (Å²) in [4.78, 5) is 21.8. The molecule has 0 atom stereocenters. The zero-order valence-electron chi connectivity index (χ0n) is 15.8. The lowest BCUT2D eigenvalue weighted by atomic mass is 10.00. The number of hydrogen-bond acceptors (Lipinski definition) is 5. The molecular formula is C22H19N5O2. The monoisotopic (exact) mass is 385 g/mol. The van der Waals surface area contributed by atoms with Crippen LogP contribution in [0.3, 0.4) is 0 Å². The molecule has 144 valence electrons. The molecule has 3 heterocycles. The molecule has 1 aliphatic rings. The molecule has 3 aromatic rings. The molecule has 0 aliphatic carbocycles. The smallest absolute Gasteiger partial charge is 0.255 e. The lowest BCUT2D eigenvalue weighted by Gasteiger charge is -2.35. The minimum atomic E-state index is -0.113. The van der Waals surface area contributed by atoms with Gasteiger partial charge < -0.3 is 20.0 Å². The maximum absolute atomic E-state index is 12.7. The van der Waals surface area contributed by atoms with E-state index in [0.717, 1.165) is 22.7 Å². The third-order valence-electron chi connectivity index (χ3n) is 5.00. The number of aromatic amines is 1. The van der Waals surface area contributed by atoms with Crippen LogP contribution >= 0.6 is 0 Å². The van der Waals surface area contributed by atoms with Crippen LogP contribution in [0.5, 0.6) is 5.75 Å². The minimum absolute atomic E-state index is 0.0882. The highest BCUT2D eigenvalue weighted by Gasteiger charge is 2.32. The highest BCUT2D eigenvalue weighted by atomic mass is 16.5. The molecule has 0 saturated carbocycles. The van der Waals surface area contributed by atoms with Crippen molar-refractivity contribution in [1.82, 2.24) is 14.9 Å². The van der Waals surface area contributed by atoms with Gasteiger partial charge in [-0.3, -0.25) is 9.78 Å². The van der Waals surface area contributed by atoms with Crippen LogP contribution in [-0.4, -0.2) is 40.1 Å². The number of nitrogens with zero attached hydrogens (tertiary/aromatic N) is 3. The molecule has 4 rings (SSSR count). The molecule has 29 heavy (non-hydrogen) atoms. The van der Waals surface area contributed by atoms with Gasteiger partial charge in [0.25, 0.3) is 5.91 Å². The van der Waals surface area contributed by atoms with E-state index in [1.54, 1.807) is 17.3 Å². The second-order valence-electron chi connectivity index (χ2n) is 6.90. The first-order valence-corrected chi connectivity index (χ1v) is 9.21. The molecule has 1 saturated heterocycles. The number of nitrogens with one attached hydrogen (secondary N) is 2. The number of nitriles is 1. The van der Waals surface area contributed by atoms with Gasteiger partial charge in [-0.25, -0.2) is 0 Å². The van der Waals surface area contributed by atoms with E-state index in [4.69, 9.17) is 15.4 Å². The minimum Gasteiger partial charge on any atom is -0.453 e. The van der Waals surface area contributed by atoms with E-state index in [2.05, 4.69) is 16.0 Å². The first kappa shape index (κ1) is 18.4. The Labute approximate surface area is 167 Å². The number of ether oxygens (including phenoxy) is 1. The number of rotatable bonds is 5. The molecule has 0 bridgehead atoms. The van der Waals surface area contributed by atoms with Gasteiger partial charge in [-0.15, -0.1) is 0 Å². The summed E-state index contributed by atoms with van der Waals surface area (Å²) in [6, 6.07) is 11.8. The number of hydrogen-bond donors (Lipinski definition) is 2. The molecule has 1 aliphatic heterocycles. The van der Waals surface area contributed by atoms with Gasteiger partial charge >= 0.3 is 0 Å². The predicted octanol–water partition coefficient (Wildman–Crippen LogP) is 3.54. The van der Waals surface area contributed by atoms with E-state index in [-0.39, 0.29) is 11.8 Å². The summed E-state index contributed by atoms with van der Waals surface area (Å²) in [5.74, 6) is 0.762. The standard InChI is InChI=1S/C22H19N5O2/c1-14-18(22(28)27-12-15(9-24)13-27)11-26-21(14)20(6-7-23)29-17-8-16-4-2-3-5-19(16)25-10-17/h2-8,10-11,15,23,26H,12-13H2,1H3/b20-6+,23-7?. The van der Waals surface area contributed by atoms with E-state index >= 15 is 0 Å². The maximum atomic E-state index is 12.7. The summed E-state index contributed by atoms with van der Waals surface area (Å²) in [5, 5.41) is 17.3. The second kappa shape index (κ2) is 7.60. The van der Waals surface area contributed by atoms with E-state index < -0.39 is 0 Å². The first-order chi connectivity index (χ1) is 14.1. The number of carbonyl (C=O) groups excluding carboxylic acids is 1. The number of para-hydroxylation sites is 1. The number of benzene rings is 1. The fourth-order valence-corrected chi connectivity index (χ4v) is 3.35. The number of H-pyrrole nitrogens is 1. The summed E-state index contributed by atoms with van der Waals surface area (Å²) in [6.45, 7) is 2.75. The molecule has 0 radical (unpaired) electrons. The molecule has 2 N–H and O–H groups in total. The van der Waals surface area contributed by atoms with Crippen molar-refractivity contribution in [2.24, 2.45) is 5.92 Å². The van der Waals surface area contributed by atoms with Gasteiger partial charge in [0.2, 0.25) is 0 Å². The van der Waals surface area contributed by atoms with Crippen molar-refractivity contribution < 1.29 is 9.53 Å². The molecule has 0 spiro atoms. The van der Waals surface area contributed by atoms with Gasteiger partial charge in [-0.1, -0.05) is 18.2 Å². The Bertz CT molecular complexity index is 1170. The topological polar surface area (TPSA) is 106 Å². The Balaban J connectivity index is 1.60. The Kier molecular flexibility index (Phi) is 4.83. The zero-order chi connectivity index (χ0) is 20.4. The molecule has 7 nitrogen and oxygen atoms in total. The fourth-order valence-electron chi connectivity index (χ4n) is 3.35. The van der Waals surface area contributed by atoms with Crippen molar-refractivity contribution in [2.75, 3.05) is 13.1 Å². The lowest BCUT2D eigenvalue weighted by Crippen LogP contribution is -2.49. The van der Waals surface area contributed by atoms with Crippen LogP contribution < -0.4 is 4.74 Å². The van der Waals surface area contributed by atoms with Crippen LogP contribution in [0.4, 0.5) is 0 Å². The quantitative estimate of drug-likeness (QED) is 0.517. The molecule has 1 amide bonds. The molecule has 7 heteroatoms. The number of likely N-dealkylation sites (tertiary alicyclic amines) is 1. The SMILES string of the molecule is Cc1c(C(=O)N2CC(C#N)C2)c[nH]c1/C(=C\C=N)Oc1cnc2ccccc2c1. The number of allylic oxidation sites excluding steroid dienone is 1. The number of fused-ring (bicyclic) bond motifs is 1. The summed E-state index contributed by atoms with van der Waals surface area (Å²) in [6.07, 6.45) is 5.94. The summed E-state index contributed by atoms with van der Waals surface area (Å²) >= 11 is 0. The fraction of sp³-hybridized carbons (Fsp3) is 0.182. The molecular weight excluding hydrogens is 366 g/mol. The van der Waals surface area contributed by atoms with Gasteiger partial charge in [0.1, 0.15) is 5.75 Å². The highest BCUT2D eigenvalue weighted by molar-refractivity contribution is 5.97. The maximum Gasteiger partial charge on any atom is 0.255 e. The van der Waals surface area contributed by atoms with Crippen molar-refractivity contribution in [3.63, 3.8) is 0 Å². The van der Waals surface area contributed by atoms with E-state index in [1.165, 1.54) is 6.08 Å². The van der Waals surface area contributed by atoms with Gasteiger partial charge in [0, 0.05) is 37.0 Å². The number of aromatic nitrogens is 2. The average Bonchev–Trinajstić information content (AvgIpc) is 3.08. The van der Waals surface area contributed by atoms with Crippen molar-refractivity contribution >= 4 is 28.8 Å². The van der Waals surface area contributed by atoms with Crippen molar-refractivity contribution in [3.8, 4) is 11.8 Å². The van der Waals surface area contributed by atoms with Crippen molar-refractivity contribution in [3.05, 3.63) is 65.6 Å². The first-order valence-electron chi connectivity index (χ1n) is 9.21. The number of amides is 1. The summed E-state index contributed by atoms with van der Waals surface area (Å²) in [7, 11) is 0. The van der Waals surface area contributed by atoms with Crippen LogP contribution in [0.15, 0.2) is 48.8 Å². The Hall–Kier alpha value is -3.92. The average molecular weight is 385 g/mol. The molecule has 1 fully saturated rings. The van der Waals surface area contributed by atoms with Gasteiger partial charge in [-0.2, -0.15) is 5.26 Å². The predicted molar refractivity (Wildman–Crippen MR) is 110 cm³/mol. The Morgan fingerprint density at radius 1 is 1.41 bits per heavy atom. The van der Waals surface area contributed by atoms with E-state index in [9.17, 15) is 4.79 Å².